The molecule has 2 rings (SSSR count). The molecule has 1 atom stereocenters. The van der Waals surface area contributed by atoms with Crippen LogP contribution in [-0.4, -0.2) is 24.0 Å². The Morgan fingerprint density at radius 2 is 2.00 bits per heavy atom. The summed E-state index contributed by atoms with van der Waals surface area (Å²) < 4.78 is 0. The van der Waals surface area contributed by atoms with Gasteiger partial charge < -0.3 is 5.73 Å². The number of halogens is 3. The summed E-state index contributed by atoms with van der Waals surface area (Å²) >= 11 is 6.08. The molecule has 0 spiro atoms. The van der Waals surface area contributed by atoms with Gasteiger partial charge in [0.2, 0.25) is 0 Å². The van der Waals surface area contributed by atoms with E-state index in [1.807, 2.05) is 18.2 Å². The first kappa shape index (κ1) is 16.0. The second-order valence-electron chi connectivity index (χ2n) is 3.88. The Labute approximate surface area is 114 Å². The summed E-state index contributed by atoms with van der Waals surface area (Å²) in [5.41, 5.74) is 7.04. The third-order valence-corrected chi connectivity index (χ3v) is 3.03. The highest BCUT2D eigenvalue weighted by molar-refractivity contribution is 6.31. The maximum absolute atomic E-state index is 6.08. The van der Waals surface area contributed by atoms with E-state index < -0.39 is 0 Å². The molecule has 1 fully saturated rings. The molecule has 0 radical (unpaired) electrons. The number of nitrogens with zero attached hydrogens (tertiary/aromatic N) is 1. The molecule has 1 saturated heterocycles. The van der Waals surface area contributed by atoms with Gasteiger partial charge in [-0.15, -0.1) is 24.8 Å². The number of rotatable bonds is 2. The fourth-order valence-corrected chi connectivity index (χ4v) is 2.07. The molecule has 5 heteroatoms. The first-order valence-corrected chi connectivity index (χ1v) is 5.35. The van der Waals surface area contributed by atoms with E-state index in [0.717, 1.165) is 31.1 Å². The molecule has 0 saturated carbocycles. The van der Waals surface area contributed by atoms with Crippen LogP contribution in [0.1, 0.15) is 12.0 Å². The van der Waals surface area contributed by atoms with Crippen molar-refractivity contribution in [2.24, 2.45) is 5.73 Å². The van der Waals surface area contributed by atoms with Gasteiger partial charge in [0.1, 0.15) is 0 Å². The van der Waals surface area contributed by atoms with Gasteiger partial charge >= 0.3 is 0 Å². The molecule has 0 aliphatic carbocycles. The number of likely N-dealkylation sites (tertiary alicyclic amines) is 1. The van der Waals surface area contributed by atoms with Crippen LogP contribution >= 0.6 is 36.4 Å². The zero-order valence-corrected chi connectivity index (χ0v) is 11.3. The van der Waals surface area contributed by atoms with E-state index in [1.54, 1.807) is 0 Å². The van der Waals surface area contributed by atoms with Crippen LogP contribution in [-0.2, 0) is 6.54 Å². The fourth-order valence-electron chi connectivity index (χ4n) is 1.87. The average Bonchev–Trinajstić information content (AvgIpc) is 2.56. The lowest BCUT2D eigenvalue weighted by Crippen LogP contribution is -2.26. The summed E-state index contributed by atoms with van der Waals surface area (Å²) in [6.45, 7) is 3.00. The van der Waals surface area contributed by atoms with Crippen LogP contribution in [0.4, 0.5) is 0 Å². The van der Waals surface area contributed by atoms with Crippen molar-refractivity contribution in [3.63, 3.8) is 0 Å². The molecule has 2 N–H and O–H groups in total. The van der Waals surface area contributed by atoms with E-state index >= 15 is 0 Å². The lowest BCUT2D eigenvalue weighted by Gasteiger charge is -2.15. The van der Waals surface area contributed by atoms with Gasteiger partial charge in [-0.05, 0) is 18.1 Å². The Kier molecular flexibility index (Phi) is 7.36. The van der Waals surface area contributed by atoms with Crippen molar-refractivity contribution in [1.82, 2.24) is 4.90 Å². The van der Waals surface area contributed by atoms with E-state index in [2.05, 4.69) is 11.0 Å². The molecule has 0 aromatic heterocycles. The molecule has 0 bridgehead atoms. The van der Waals surface area contributed by atoms with Crippen molar-refractivity contribution in [2.75, 3.05) is 13.1 Å². The maximum atomic E-state index is 6.08. The lowest BCUT2D eigenvalue weighted by atomic mass is 10.2. The molecule has 1 aliphatic rings. The Hall–Kier alpha value is 0.01000. The number of hydrogen-bond donors (Lipinski definition) is 1. The normalized spacial score (nSPS) is 20.0. The predicted molar refractivity (Wildman–Crippen MR) is 73.8 cm³/mol. The molecule has 92 valence electrons. The van der Waals surface area contributed by atoms with Crippen LogP contribution in [0, 0.1) is 0 Å². The number of nitrogens with two attached hydrogens (primary N) is 1. The quantitative estimate of drug-likeness (QED) is 0.904. The van der Waals surface area contributed by atoms with Crippen LogP contribution in [0.25, 0.3) is 0 Å². The Morgan fingerprint density at radius 1 is 1.31 bits per heavy atom. The lowest BCUT2D eigenvalue weighted by molar-refractivity contribution is 0.327. The van der Waals surface area contributed by atoms with Gasteiger partial charge in [-0.1, -0.05) is 29.8 Å². The first-order valence-electron chi connectivity index (χ1n) is 4.97. The summed E-state index contributed by atoms with van der Waals surface area (Å²) in [5, 5.41) is 0.855. The average molecular weight is 284 g/mol. The van der Waals surface area contributed by atoms with E-state index in [0.29, 0.717) is 6.04 Å². The van der Waals surface area contributed by atoms with Crippen molar-refractivity contribution < 1.29 is 0 Å². The van der Waals surface area contributed by atoms with Crippen molar-refractivity contribution in [3.05, 3.63) is 34.9 Å². The van der Waals surface area contributed by atoms with Gasteiger partial charge in [0, 0.05) is 30.7 Å². The highest BCUT2D eigenvalue weighted by atomic mass is 35.5. The van der Waals surface area contributed by atoms with E-state index in [-0.39, 0.29) is 24.8 Å². The van der Waals surface area contributed by atoms with Gasteiger partial charge in [0.05, 0.1) is 0 Å². The topological polar surface area (TPSA) is 29.3 Å². The molecular formula is C11H17Cl3N2. The summed E-state index contributed by atoms with van der Waals surface area (Å²) in [7, 11) is 0. The molecule has 1 aliphatic heterocycles. The van der Waals surface area contributed by atoms with Crippen LogP contribution in [0.5, 0.6) is 0 Å². The molecule has 1 aromatic carbocycles. The summed E-state index contributed by atoms with van der Waals surface area (Å²) in [6, 6.07) is 8.34. The van der Waals surface area contributed by atoms with Crippen molar-refractivity contribution in [3.8, 4) is 0 Å². The van der Waals surface area contributed by atoms with Gasteiger partial charge in [-0.3, -0.25) is 4.90 Å². The molecule has 1 heterocycles. The molecule has 1 aromatic rings. The van der Waals surface area contributed by atoms with Gasteiger partial charge in [-0.25, -0.2) is 0 Å². The highest BCUT2D eigenvalue weighted by Gasteiger charge is 2.19. The molecule has 2 nitrogen and oxygen atoms in total. The maximum Gasteiger partial charge on any atom is 0.0451 e. The first-order chi connectivity index (χ1) is 6.75. The van der Waals surface area contributed by atoms with Crippen LogP contribution in [0.2, 0.25) is 5.02 Å². The Bertz CT molecular complexity index is 320. The van der Waals surface area contributed by atoms with Crippen LogP contribution < -0.4 is 5.73 Å². The zero-order valence-electron chi connectivity index (χ0n) is 8.93. The monoisotopic (exact) mass is 282 g/mol. The molecule has 16 heavy (non-hydrogen) atoms. The third-order valence-electron chi connectivity index (χ3n) is 2.66. The van der Waals surface area contributed by atoms with Gasteiger partial charge in [0.25, 0.3) is 0 Å². The summed E-state index contributed by atoms with van der Waals surface area (Å²) in [6.07, 6.45) is 1.10. The van der Waals surface area contributed by atoms with E-state index in [4.69, 9.17) is 17.3 Å². The minimum Gasteiger partial charge on any atom is -0.326 e. The molecule has 0 amide bonds. The summed E-state index contributed by atoms with van der Waals surface area (Å²) in [5.74, 6) is 0. The number of benzene rings is 1. The second-order valence-corrected chi connectivity index (χ2v) is 4.28. The second kappa shape index (κ2) is 7.36. The van der Waals surface area contributed by atoms with Gasteiger partial charge in [0.15, 0.2) is 0 Å². The van der Waals surface area contributed by atoms with Crippen molar-refractivity contribution in [1.29, 1.82) is 0 Å². The van der Waals surface area contributed by atoms with Crippen molar-refractivity contribution >= 4 is 36.4 Å². The molecule has 0 unspecified atom stereocenters. The minimum atomic E-state index is 0. The smallest absolute Gasteiger partial charge is 0.0451 e. The largest absolute Gasteiger partial charge is 0.326 e. The van der Waals surface area contributed by atoms with Gasteiger partial charge in [-0.2, -0.15) is 0 Å². The molecular weight excluding hydrogens is 266 g/mol. The van der Waals surface area contributed by atoms with Crippen LogP contribution in [0.3, 0.4) is 0 Å². The summed E-state index contributed by atoms with van der Waals surface area (Å²) in [4.78, 5) is 2.35. The Balaban J connectivity index is 0.00000112. The standard InChI is InChI=1S/C11H15ClN2.2ClH/c12-11-4-2-1-3-9(11)7-14-6-5-10(13)8-14;;/h1-4,10H,5-8,13H2;2*1H/t10-;;/m1../s1. The van der Waals surface area contributed by atoms with Crippen molar-refractivity contribution in [2.45, 2.75) is 19.0 Å². The predicted octanol–water partition coefficient (Wildman–Crippen LogP) is 2.72. The zero-order chi connectivity index (χ0) is 9.97. The van der Waals surface area contributed by atoms with E-state index in [9.17, 15) is 0 Å². The SMILES string of the molecule is Cl.Cl.N[C@@H]1CCN(Cc2ccccc2Cl)C1. The number of hydrogen-bond acceptors (Lipinski definition) is 2. The van der Waals surface area contributed by atoms with Crippen LogP contribution in [0.15, 0.2) is 24.3 Å². The Morgan fingerprint density at radius 3 is 2.56 bits per heavy atom. The van der Waals surface area contributed by atoms with E-state index in [1.165, 1.54) is 5.56 Å². The minimum absolute atomic E-state index is 0. The highest BCUT2D eigenvalue weighted by Crippen LogP contribution is 2.19. The fraction of sp³-hybridized carbons (Fsp3) is 0.455. The third kappa shape index (κ3) is 4.11.